The summed E-state index contributed by atoms with van der Waals surface area (Å²) in [6, 6.07) is 93.6. The van der Waals surface area contributed by atoms with Gasteiger partial charge in [-0.3, -0.25) is 0 Å². The molecule has 66 heavy (non-hydrogen) atoms. The first-order valence-electron chi connectivity index (χ1n) is 21.3. The smallest absolute Gasteiger partial charge is 0.0279 e. The van der Waals surface area contributed by atoms with Crippen LogP contribution in [0.3, 0.4) is 0 Å². The van der Waals surface area contributed by atoms with Crippen LogP contribution in [-0.2, 0) is 47.8 Å². The van der Waals surface area contributed by atoms with Gasteiger partial charge >= 0.3 is 56.3 Å². The minimum absolute atomic E-state index is 0. The minimum atomic E-state index is 0. The van der Waals surface area contributed by atoms with Crippen molar-refractivity contribution in [3.63, 3.8) is 0 Å². The summed E-state index contributed by atoms with van der Waals surface area (Å²) < 4.78 is 6.78. The predicted octanol–water partition coefficient (Wildman–Crippen LogP) is 17.7. The van der Waals surface area contributed by atoms with Gasteiger partial charge in [-0.1, -0.05) is 168 Å². The van der Waals surface area contributed by atoms with Crippen LogP contribution in [0.2, 0.25) is 0 Å². The quantitative estimate of drug-likeness (QED) is 0.122. The molecule has 0 saturated carbocycles. The van der Waals surface area contributed by atoms with E-state index in [1.165, 1.54) is 87.6 Å². The first-order valence-corrected chi connectivity index (χ1v) is 26.4. The van der Waals surface area contributed by atoms with Crippen LogP contribution in [0.5, 0.6) is 0 Å². The Morgan fingerprint density at radius 1 is 0.227 bits per heavy atom. The third-order valence-electron chi connectivity index (χ3n) is 11.1. The van der Waals surface area contributed by atoms with Crippen LogP contribution >= 0.6 is 24.8 Å². The summed E-state index contributed by atoms with van der Waals surface area (Å²) in [6.07, 6.45) is 0. The fraction of sp³-hybridized carbons (Fsp3) is 0. The van der Waals surface area contributed by atoms with Crippen molar-refractivity contribution in [2.45, 2.75) is 0 Å². The maximum Gasteiger partial charge on any atom is -0.0279 e. The summed E-state index contributed by atoms with van der Waals surface area (Å²) in [7, 11) is 0. The Labute approximate surface area is 431 Å². The van der Waals surface area contributed by atoms with Gasteiger partial charge in [0.25, 0.3) is 0 Å². The molecule has 0 bridgehead atoms. The second-order valence-electron chi connectivity index (χ2n) is 14.8. The fourth-order valence-corrected chi connectivity index (χ4v) is 8.13. The van der Waals surface area contributed by atoms with Crippen molar-refractivity contribution in [2.24, 2.45) is 0 Å². The second-order valence-corrected chi connectivity index (χ2v) is 14.8. The summed E-state index contributed by atoms with van der Waals surface area (Å²) in [5.74, 6) is 0. The number of benzene rings is 8. The molecule has 0 N–H and O–H groups in total. The zero-order valence-corrected chi connectivity index (χ0v) is 45.5. The van der Waals surface area contributed by atoms with E-state index in [2.05, 4.69) is 275 Å². The van der Waals surface area contributed by atoms with Crippen LogP contribution in [-0.4, -0.2) is 8.52 Å². The Kier molecular flexibility index (Phi) is 21.0. The maximum absolute atomic E-state index is 3.39. The van der Waals surface area contributed by atoms with Gasteiger partial charge < -0.3 is 0 Å². The van der Waals surface area contributed by atoms with E-state index in [0.717, 1.165) is 47.8 Å². The van der Waals surface area contributed by atoms with Crippen molar-refractivity contribution in [1.29, 1.82) is 0 Å². The third-order valence-corrected chi connectivity index (χ3v) is 11.1. The molecule has 0 unspecified atom stereocenters. The predicted molar refractivity (Wildman–Crippen MR) is 289 cm³/mol. The summed E-state index contributed by atoms with van der Waals surface area (Å²) in [5, 5.41) is 10.6. The van der Waals surface area contributed by atoms with E-state index in [9.17, 15) is 0 Å². The van der Waals surface area contributed by atoms with Crippen LogP contribution in [0.15, 0.2) is 267 Å². The van der Waals surface area contributed by atoms with Gasteiger partial charge in [0.15, 0.2) is 0 Å². The average Bonchev–Trinajstić information content (AvgIpc) is 4.25. The first-order chi connectivity index (χ1) is 31.8. The zero-order chi connectivity index (χ0) is 44.4. The molecule has 0 spiro atoms. The van der Waals surface area contributed by atoms with Crippen molar-refractivity contribution >= 4 is 76.4 Å². The minimum Gasteiger partial charge on any atom is -0.168 e. The molecular formula is C62H50Cl2Hf2. The maximum atomic E-state index is 3.39. The van der Waals surface area contributed by atoms with Gasteiger partial charge in [-0.25, -0.2) is 0 Å². The Balaban J connectivity index is 0.000000159. The summed E-state index contributed by atoms with van der Waals surface area (Å²) in [6.45, 7) is 0. The van der Waals surface area contributed by atoms with Crippen LogP contribution in [0.1, 0.15) is 0 Å². The first kappa shape index (κ1) is 51.2. The molecule has 0 aliphatic carbocycles. The van der Waals surface area contributed by atoms with E-state index < -0.39 is 0 Å². The van der Waals surface area contributed by atoms with Gasteiger partial charge in [0.1, 0.15) is 0 Å². The van der Waals surface area contributed by atoms with Crippen LogP contribution in [0.4, 0.5) is 0 Å². The van der Waals surface area contributed by atoms with Gasteiger partial charge in [-0.15, -0.1) is 141 Å². The van der Waals surface area contributed by atoms with Gasteiger partial charge in [0.05, 0.1) is 0 Å². The van der Waals surface area contributed by atoms with E-state index in [1.807, 2.05) is 0 Å². The molecule has 0 aliphatic rings. The molecule has 0 saturated heterocycles. The van der Waals surface area contributed by atoms with Crippen molar-refractivity contribution in [3.8, 4) is 44.5 Å². The van der Waals surface area contributed by atoms with Crippen LogP contribution < -0.4 is 0 Å². The molecule has 0 nitrogen and oxygen atoms in total. The number of fused-ring (bicyclic) bond motifs is 4. The Hall–Kier alpha value is -5.74. The molecular weight excluding hydrogens is 1170 g/mol. The second kappa shape index (κ2) is 27.0. The van der Waals surface area contributed by atoms with E-state index in [-0.39, 0.29) is 24.8 Å². The number of hydrogen-bond donors (Lipinski definition) is 0. The van der Waals surface area contributed by atoms with Gasteiger partial charge in [0.2, 0.25) is 0 Å². The summed E-state index contributed by atoms with van der Waals surface area (Å²) >= 11 is 2.11. The van der Waals surface area contributed by atoms with E-state index >= 15 is 0 Å². The molecule has 320 valence electrons. The Morgan fingerprint density at radius 2 is 0.424 bits per heavy atom. The molecule has 12 aromatic carbocycles. The number of halogens is 2. The van der Waals surface area contributed by atoms with Gasteiger partial charge in [-0.2, -0.15) is 48.5 Å². The SMILES string of the molecule is Cl.Cl.[CH2]=[Hf+2].[CH2]=[Hf+2].c1ccc(-c2cccc3[cH-]ccc23)cc1.c1ccc(-c2cccc3[cH-]ccc23)cc1.c1ccc(-c2cccc3[cH-]ccc23)cc1.c1ccc(-c2cccc3[cH-]ccc23)cc1. The molecule has 0 atom stereocenters. The normalized spacial score (nSPS) is 9.88. The number of rotatable bonds is 4. The molecule has 12 aromatic rings. The molecule has 0 amide bonds. The van der Waals surface area contributed by atoms with E-state index in [4.69, 9.17) is 0 Å². The Morgan fingerprint density at radius 3 is 0.621 bits per heavy atom. The standard InChI is InChI=1S/4C15H11.2CH2.2ClH.2Hf/c4*1-2-6-12(7-3-1)14-10-4-8-13-9-5-11-15(13)14;;;;;;/h4*1-11H;2*1H2;2*1H;;/q4*-1;;;;;2*+2. The zero-order valence-electron chi connectivity index (χ0n) is 36.6. The fourth-order valence-electron chi connectivity index (χ4n) is 8.13. The van der Waals surface area contributed by atoms with Crippen LogP contribution in [0, 0.1) is 0 Å². The summed E-state index contributed by atoms with van der Waals surface area (Å²) in [4.78, 5) is 0. The molecule has 0 heterocycles. The molecule has 0 aliphatic heterocycles. The molecule has 0 fully saturated rings. The Bertz CT molecular complexity index is 2790. The third kappa shape index (κ3) is 12.8. The summed E-state index contributed by atoms with van der Waals surface area (Å²) in [5.41, 5.74) is 10.4. The molecule has 0 radical (unpaired) electrons. The van der Waals surface area contributed by atoms with E-state index in [0.29, 0.717) is 0 Å². The van der Waals surface area contributed by atoms with Crippen molar-refractivity contribution in [3.05, 3.63) is 267 Å². The largest absolute Gasteiger partial charge is 0.168 e. The number of hydrogen-bond acceptors (Lipinski definition) is 0. The van der Waals surface area contributed by atoms with Gasteiger partial charge in [0, 0.05) is 0 Å². The van der Waals surface area contributed by atoms with E-state index in [1.54, 1.807) is 0 Å². The molecule has 4 heteroatoms. The van der Waals surface area contributed by atoms with Crippen molar-refractivity contribution in [2.75, 3.05) is 0 Å². The van der Waals surface area contributed by atoms with Crippen LogP contribution in [0.25, 0.3) is 87.6 Å². The van der Waals surface area contributed by atoms with Crippen molar-refractivity contribution < 1.29 is 47.8 Å². The van der Waals surface area contributed by atoms with Crippen molar-refractivity contribution in [1.82, 2.24) is 0 Å². The monoisotopic (exact) mass is 1220 g/mol. The average molecular weight is 1220 g/mol. The molecule has 12 rings (SSSR count). The molecule has 0 aromatic heterocycles. The topological polar surface area (TPSA) is 0 Å². The van der Waals surface area contributed by atoms with Gasteiger partial charge in [-0.05, 0) is 22.3 Å².